The van der Waals surface area contributed by atoms with Crippen molar-refractivity contribution in [2.24, 2.45) is 0 Å². The molecular formula is C36H38F2N8O5S. The Morgan fingerprint density at radius 2 is 1.75 bits per heavy atom. The Bertz CT molecular complexity index is 2200. The second-order valence-electron chi connectivity index (χ2n) is 15.1. The van der Waals surface area contributed by atoms with Gasteiger partial charge in [0.1, 0.15) is 33.8 Å². The summed E-state index contributed by atoms with van der Waals surface area (Å²) in [6, 6.07) is 4.77. The summed E-state index contributed by atoms with van der Waals surface area (Å²) in [5.74, 6) is -0.658. The van der Waals surface area contributed by atoms with Crippen molar-refractivity contribution in [2.75, 3.05) is 55.4 Å². The molecule has 3 fully saturated rings. The molecule has 13 nitrogen and oxygen atoms in total. The molecule has 2 unspecified atom stereocenters. The van der Waals surface area contributed by atoms with Crippen LogP contribution in [-0.2, 0) is 22.7 Å². The van der Waals surface area contributed by atoms with Gasteiger partial charge in [-0.2, -0.15) is 10.2 Å². The van der Waals surface area contributed by atoms with Gasteiger partial charge >= 0.3 is 12.2 Å². The van der Waals surface area contributed by atoms with Crippen LogP contribution in [0.3, 0.4) is 0 Å². The summed E-state index contributed by atoms with van der Waals surface area (Å²) in [7, 11) is 3.99. The standard InChI is InChI=1S/C36H38F2N8O5S/c1-36(2,3)51-34(47)42-32-20(10-39)25-24(52-32)9-8-23(37)28(25)26-21-15-50-16-22(21)27-30(29(26)38)40-33(44-13-19(14-44)43(4)5)41-31(27)46-17-6-7-18(46)12-45(11-17)35(48)49/h8-9,17-19H,6-7,11-16H2,1-5H3,(H,42,47)(H,48,49). The number of rotatable bonds is 5. The van der Waals surface area contributed by atoms with Crippen molar-refractivity contribution < 1.29 is 33.0 Å². The molecule has 16 heteroatoms. The van der Waals surface area contributed by atoms with Gasteiger partial charge in [0.2, 0.25) is 5.95 Å². The number of amides is 2. The fourth-order valence-corrected chi connectivity index (χ4v) is 8.99. The molecule has 4 aromatic rings. The number of aromatic nitrogens is 2. The number of thiophene rings is 1. The Morgan fingerprint density at radius 1 is 1.06 bits per heavy atom. The van der Waals surface area contributed by atoms with Crippen LogP contribution < -0.4 is 15.1 Å². The van der Waals surface area contributed by atoms with Crippen molar-refractivity contribution in [1.82, 2.24) is 19.8 Å². The average Bonchev–Trinajstić information content (AvgIpc) is 3.73. The Hall–Kier alpha value is -4.85. The first kappa shape index (κ1) is 34.2. The first-order valence-corrected chi connectivity index (χ1v) is 18.0. The lowest BCUT2D eigenvalue weighted by atomic mass is 9.90. The van der Waals surface area contributed by atoms with E-state index in [0.29, 0.717) is 59.2 Å². The van der Waals surface area contributed by atoms with Gasteiger partial charge in [-0.25, -0.2) is 23.4 Å². The second kappa shape index (κ2) is 12.4. The lowest BCUT2D eigenvalue weighted by Gasteiger charge is -2.44. The molecule has 2 amide bonds. The molecule has 6 heterocycles. The predicted octanol–water partition coefficient (Wildman–Crippen LogP) is 6.12. The SMILES string of the molecule is CN(C)C1CN(c2nc(N3C4CCC3CN(C(=O)O)C4)c3c4c(c(-c5c(F)ccc6sc(NC(=O)OC(C)(C)C)c(C#N)c56)c(F)c3n2)COC4)C1. The van der Waals surface area contributed by atoms with Crippen molar-refractivity contribution in [3.05, 3.63) is 40.5 Å². The molecule has 3 saturated heterocycles. The molecule has 2 bridgehead atoms. The molecule has 52 heavy (non-hydrogen) atoms. The van der Waals surface area contributed by atoms with Crippen molar-refractivity contribution >= 4 is 61.3 Å². The van der Waals surface area contributed by atoms with Crippen LogP contribution in [0.1, 0.15) is 50.3 Å². The van der Waals surface area contributed by atoms with E-state index in [1.165, 1.54) is 17.0 Å². The highest BCUT2D eigenvalue weighted by Crippen LogP contribution is 2.49. The minimum absolute atomic E-state index is 0.00450. The number of nitrogens with one attached hydrogen (secondary N) is 1. The average molecular weight is 733 g/mol. The molecular weight excluding hydrogens is 695 g/mol. The molecule has 4 aliphatic heterocycles. The van der Waals surface area contributed by atoms with Gasteiger partial charge in [-0.15, -0.1) is 11.3 Å². The highest BCUT2D eigenvalue weighted by Gasteiger charge is 2.45. The van der Waals surface area contributed by atoms with Gasteiger partial charge < -0.3 is 34.2 Å². The van der Waals surface area contributed by atoms with Gasteiger partial charge in [-0.3, -0.25) is 5.32 Å². The molecule has 2 aromatic heterocycles. The Balaban J connectivity index is 1.35. The fourth-order valence-electron chi connectivity index (χ4n) is 7.94. The van der Waals surface area contributed by atoms with Crippen molar-refractivity contribution in [2.45, 2.75) is 70.6 Å². The van der Waals surface area contributed by atoms with Crippen molar-refractivity contribution in [1.29, 1.82) is 5.26 Å². The molecule has 272 valence electrons. The third-order valence-electron chi connectivity index (χ3n) is 10.4. The maximum Gasteiger partial charge on any atom is 0.412 e. The number of carbonyl (C=O) groups excluding carboxylic acids is 1. The number of piperazine rings is 1. The van der Waals surface area contributed by atoms with Crippen LogP contribution in [0.5, 0.6) is 0 Å². The molecule has 0 aliphatic carbocycles. The number of halogens is 2. The largest absolute Gasteiger partial charge is 0.465 e. The zero-order chi connectivity index (χ0) is 36.8. The van der Waals surface area contributed by atoms with Crippen LogP contribution in [0.25, 0.3) is 32.1 Å². The second-order valence-corrected chi connectivity index (χ2v) is 16.1. The quantitative estimate of drug-likeness (QED) is 0.245. The normalized spacial score (nSPS) is 20.1. The van der Waals surface area contributed by atoms with Crippen LogP contribution in [0.15, 0.2) is 12.1 Å². The van der Waals surface area contributed by atoms with E-state index in [9.17, 15) is 20.0 Å². The summed E-state index contributed by atoms with van der Waals surface area (Å²) >= 11 is 1.07. The number of carboxylic acid groups (broad SMARTS) is 1. The Kier molecular flexibility index (Phi) is 8.16. The molecule has 2 aromatic carbocycles. The molecule has 0 saturated carbocycles. The molecule has 0 radical (unpaired) electrons. The number of ether oxygens (including phenoxy) is 2. The molecule has 2 N–H and O–H groups in total. The van der Waals surface area contributed by atoms with Gasteiger partial charge in [0, 0.05) is 65.5 Å². The Morgan fingerprint density at radius 3 is 2.38 bits per heavy atom. The summed E-state index contributed by atoms with van der Waals surface area (Å²) in [6.07, 6.45) is -0.247. The van der Waals surface area contributed by atoms with E-state index in [-0.39, 0.29) is 63.9 Å². The Labute approximate surface area is 302 Å². The number of anilines is 3. The predicted molar refractivity (Wildman–Crippen MR) is 192 cm³/mol. The zero-order valence-corrected chi connectivity index (χ0v) is 30.2. The van der Waals surface area contributed by atoms with E-state index in [4.69, 9.17) is 19.4 Å². The highest BCUT2D eigenvalue weighted by molar-refractivity contribution is 7.23. The van der Waals surface area contributed by atoms with E-state index in [1.807, 2.05) is 19.0 Å². The number of nitriles is 1. The van der Waals surface area contributed by atoms with Gasteiger partial charge in [0.25, 0.3) is 0 Å². The smallest absolute Gasteiger partial charge is 0.412 e. The first-order valence-electron chi connectivity index (χ1n) is 17.2. The number of hydrogen-bond donors (Lipinski definition) is 2. The lowest BCUT2D eigenvalue weighted by molar-refractivity contribution is 0.0636. The maximum atomic E-state index is 17.6. The zero-order valence-electron chi connectivity index (χ0n) is 29.4. The van der Waals surface area contributed by atoms with Gasteiger partial charge in [-0.1, -0.05) is 0 Å². The summed E-state index contributed by atoms with van der Waals surface area (Å²) in [4.78, 5) is 42.3. The number of nitrogens with zero attached hydrogens (tertiary/aromatic N) is 7. The number of benzene rings is 2. The van der Waals surface area contributed by atoms with E-state index in [0.717, 1.165) is 24.2 Å². The van der Waals surface area contributed by atoms with Crippen molar-refractivity contribution in [3.63, 3.8) is 0 Å². The summed E-state index contributed by atoms with van der Waals surface area (Å²) in [5.41, 5.74) is 0.0809. The molecule has 0 spiro atoms. The van der Waals surface area contributed by atoms with Crippen LogP contribution in [0.4, 0.5) is 35.1 Å². The molecule has 2 atom stereocenters. The summed E-state index contributed by atoms with van der Waals surface area (Å²) in [5, 5.41) is 23.6. The molecule has 4 aliphatic rings. The number of likely N-dealkylation sites (tertiary alicyclic amines) is 1. The van der Waals surface area contributed by atoms with E-state index < -0.39 is 29.4 Å². The van der Waals surface area contributed by atoms with Crippen LogP contribution in [0, 0.1) is 23.0 Å². The minimum Gasteiger partial charge on any atom is -0.465 e. The number of hydrogen-bond acceptors (Lipinski definition) is 11. The molecule has 8 rings (SSSR count). The third-order valence-corrected chi connectivity index (χ3v) is 11.5. The van der Waals surface area contributed by atoms with Crippen molar-refractivity contribution in [3.8, 4) is 17.2 Å². The van der Waals surface area contributed by atoms with Gasteiger partial charge in [0.05, 0.1) is 24.2 Å². The fraction of sp³-hybridized carbons (Fsp3) is 0.472. The topological polar surface area (TPSA) is 147 Å². The number of likely N-dealkylation sites (N-methyl/N-ethyl adjacent to an activating group) is 1. The summed E-state index contributed by atoms with van der Waals surface area (Å²) < 4.78 is 45.8. The van der Waals surface area contributed by atoms with E-state index in [2.05, 4.69) is 21.2 Å². The highest BCUT2D eigenvalue weighted by atomic mass is 32.1. The van der Waals surface area contributed by atoms with Gasteiger partial charge in [0.15, 0.2) is 5.82 Å². The third kappa shape index (κ3) is 5.53. The van der Waals surface area contributed by atoms with Crippen LogP contribution in [0.2, 0.25) is 0 Å². The van der Waals surface area contributed by atoms with Crippen LogP contribution >= 0.6 is 11.3 Å². The van der Waals surface area contributed by atoms with E-state index in [1.54, 1.807) is 20.8 Å². The monoisotopic (exact) mass is 732 g/mol. The first-order chi connectivity index (χ1) is 24.7. The number of fused-ring (bicyclic) bond motifs is 6. The maximum absolute atomic E-state index is 17.6. The van der Waals surface area contributed by atoms with E-state index >= 15 is 8.78 Å². The number of carbonyl (C=O) groups is 2. The summed E-state index contributed by atoms with van der Waals surface area (Å²) in [6.45, 7) is 7.06. The van der Waals surface area contributed by atoms with Gasteiger partial charge in [-0.05, 0) is 71.0 Å². The lowest BCUT2D eigenvalue weighted by Crippen LogP contribution is -2.58. The van der Waals surface area contributed by atoms with Crippen LogP contribution in [-0.4, -0.2) is 101 Å². The minimum atomic E-state index is -0.976.